The zero-order valence-electron chi connectivity index (χ0n) is 37.9. The molecule has 2 aromatic carbocycles. The number of Topliss-reactive ketones (excluding diaryl/α,β-unsaturated/α-hetero) is 2. The molecule has 1 saturated carbocycles. The van der Waals surface area contributed by atoms with Crippen molar-refractivity contribution in [1.82, 2.24) is 50.1 Å². The molecule has 20 nitrogen and oxygen atoms in total. The SMILES string of the molecule is CCC(=O)c1cnc(NC(=O)NC(C)(C)C)cc1Nc1cccc(-c2ncn(C)n2)c1OC.CCC(=O)c1cnc(NC(=O)NC2CC2)cc1Nc1cccc(-c2ncn(C)n2)c1OC. The van der Waals surface area contributed by atoms with Crippen molar-refractivity contribution in [2.45, 2.75) is 71.9 Å². The highest BCUT2D eigenvalue weighted by Crippen LogP contribution is 2.39. The largest absolute Gasteiger partial charge is 0.494 e. The van der Waals surface area contributed by atoms with Gasteiger partial charge in [-0.05, 0) is 57.9 Å². The van der Waals surface area contributed by atoms with E-state index in [0.29, 0.717) is 92.6 Å². The number of carbonyl (C=O) groups excluding carboxylic acids is 4. The van der Waals surface area contributed by atoms with Crippen LogP contribution in [0.25, 0.3) is 22.8 Å². The lowest BCUT2D eigenvalue weighted by Crippen LogP contribution is -2.43. The molecular weight excluding hydrogens is 833 g/mol. The predicted molar refractivity (Wildman–Crippen MR) is 247 cm³/mol. The van der Waals surface area contributed by atoms with Crippen LogP contribution in [0.15, 0.2) is 73.6 Å². The van der Waals surface area contributed by atoms with E-state index in [9.17, 15) is 19.2 Å². The molecule has 1 aliphatic rings. The van der Waals surface area contributed by atoms with Crippen molar-refractivity contribution in [2.24, 2.45) is 14.1 Å². The van der Waals surface area contributed by atoms with E-state index in [1.165, 1.54) is 12.4 Å². The van der Waals surface area contributed by atoms with E-state index in [-0.39, 0.29) is 23.6 Å². The lowest BCUT2D eigenvalue weighted by Gasteiger charge is -2.21. The zero-order valence-corrected chi connectivity index (χ0v) is 37.9. The summed E-state index contributed by atoms with van der Waals surface area (Å²) in [5, 5.41) is 26.3. The summed E-state index contributed by atoms with van der Waals surface area (Å²) < 4.78 is 14.5. The number of pyridine rings is 2. The summed E-state index contributed by atoms with van der Waals surface area (Å²) in [6, 6.07) is 13.8. The summed E-state index contributed by atoms with van der Waals surface area (Å²) in [4.78, 5) is 66.6. The normalized spacial score (nSPS) is 12.0. The number of nitrogens with zero attached hydrogens (tertiary/aromatic N) is 8. The Kier molecular flexibility index (Phi) is 14.7. The molecule has 340 valence electrons. The smallest absolute Gasteiger partial charge is 0.320 e. The Labute approximate surface area is 376 Å². The minimum atomic E-state index is -0.406. The maximum Gasteiger partial charge on any atom is 0.320 e. The minimum absolute atomic E-state index is 0.0736. The molecule has 1 aliphatic carbocycles. The monoisotopic (exact) mass is 886 g/mol. The molecule has 0 unspecified atom stereocenters. The van der Waals surface area contributed by atoms with E-state index in [0.717, 1.165) is 12.8 Å². The van der Waals surface area contributed by atoms with E-state index in [1.807, 2.05) is 57.2 Å². The number of amides is 4. The highest BCUT2D eigenvalue weighted by Gasteiger charge is 2.24. The molecule has 6 N–H and O–H groups in total. The molecule has 0 spiro atoms. The molecule has 0 saturated heterocycles. The van der Waals surface area contributed by atoms with Gasteiger partial charge in [0.15, 0.2) is 34.7 Å². The van der Waals surface area contributed by atoms with E-state index in [4.69, 9.17) is 9.47 Å². The van der Waals surface area contributed by atoms with Gasteiger partial charge in [0, 0.05) is 63.0 Å². The first kappa shape index (κ1) is 46.6. The second-order valence-corrected chi connectivity index (χ2v) is 16.0. The molecule has 7 rings (SSSR count). The first-order valence-electron chi connectivity index (χ1n) is 20.9. The van der Waals surface area contributed by atoms with Crippen LogP contribution in [0.2, 0.25) is 0 Å². The number of benzene rings is 2. The van der Waals surface area contributed by atoms with Crippen molar-refractivity contribution in [3.05, 3.63) is 84.7 Å². The summed E-state index contributed by atoms with van der Waals surface area (Å²) in [6.45, 7) is 9.21. The minimum Gasteiger partial charge on any atom is -0.494 e. The number of anilines is 6. The van der Waals surface area contributed by atoms with Crippen molar-refractivity contribution in [1.29, 1.82) is 0 Å². The Morgan fingerprint density at radius 2 is 1.11 bits per heavy atom. The van der Waals surface area contributed by atoms with E-state index >= 15 is 0 Å². The first-order valence-corrected chi connectivity index (χ1v) is 20.9. The number of methoxy groups -OCH3 is 2. The number of rotatable bonds is 15. The van der Waals surface area contributed by atoms with Crippen LogP contribution < -0.4 is 41.4 Å². The number of carbonyl (C=O) groups is 4. The number of para-hydroxylation sites is 2. The topological polar surface area (TPSA) is 246 Å². The van der Waals surface area contributed by atoms with Gasteiger partial charge < -0.3 is 30.7 Å². The fourth-order valence-corrected chi connectivity index (χ4v) is 6.41. The summed E-state index contributed by atoms with van der Waals surface area (Å²) in [5.41, 5.74) is 4.07. The van der Waals surface area contributed by atoms with Crippen LogP contribution in [0.1, 0.15) is 81.0 Å². The van der Waals surface area contributed by atoms with E-state index in [2.05, 4.69) is 62.0 Å². The molecule has 4 amide bonds. The third-order valence-corrected chi connectivity index (χ3v) is 9.59. The fourth-order valence-electron chi connectivity index (χ4n) is 6.41. The zero-order chi connectivity index (χ0) is 46.8. The first-order chi connectivity index (χ1) is 31.1. The number of urea groups is 2. The Morgan fingerprint density at radius 1 is 0.662 bits per heavy atom. The lowest BCUT2D eigenvalue weighted by atomic mass is 10.1. The van der Waals surface area contributed by atoms with Gasteiger partial charge in [0.2, 0.25) is 0 Å². The number of ketones is 2. The number of hydrogen-bond acceptors (Lipinski definition) is 14. The number of ether oxygens (including phenoxy) is 2. The molecule has 65 heavy (non-hydrogen) atoms. The number of aromatic nitrogens is 8. The second kappa shape index (κ2) is 20.5. The third-order valence-electron chi connectivity index (χ3n) is 9.59. The summed E-state index contributed by atoms with van der Waals surface area (Å²) in [6.07, 6.45) is 8.74. The Bertz CT molecular complexity index is 2680. The standard InChI is InChI=1S/C23H29N7O3.C22H25N7O3/c1-7-18(31)15-12-24-19(27-22(32)28-23(2,3)4)11-17(15)26-16-10-8-9-14(20(16)33-6)21-25-13-30(5)29-21;1-4-18(30)15-11-23-19(27-22(31)25-13-8-9-13)10-17(15)26-16-7-5-6-14(20(16)32-3)21-24-12-29(2)28-21/h8-13H,7H2,1-6H3,(H3,24,26,27,28,32);5-7,10-13H,4,8-9H2,1-3H3,(H3,23,25,26,27,31). The van der Waals surface area contributed by atoms with E-state index < -0.39 is 11.6 Å². The quantitative estimate of drug-likeness (QED) is 0.0543. The van der Waals surface area contributed by atoms with Gasteiger partial charge in [0.1, 0.15) is 24.3 Å². The maximum absolute atomic E-state index is 12.6. The molecular formula is C45H54N14O6. The van der Waals surface area contributed by atoms with E-state index in [1.54, 1.807) is 76.3 Å². The van der Waals surface area contributed by atoms with Crippen molar-refractivity contribution in [3.63, 3.8) is 0 Å². The molecule has 0 aliphatic heterocycles. The molecule has 6 aromatic rings. The van der Waals surface area contributed by atoms with Gasteiger partial charge in [-0.1, -0.05) is 26.0 Å². The Balaban J connectivity index is 0.000000215. The van der Waals surface area contributed by atoms with Gasteiger partial charge in [0.05, 0.1) is 59.2 Å². The van der Waals surface area contributed by atoms with Gasteiger partial charge in [0.25, 0.3) is 0 Å². The van der Waals surface area contributed by atoms with Gasteiger partial charge in [-0.15, -0.1) is 0 Å². The number of nitrogens with one attached hydrogen (secondary N) is 6. The van der Waals surface area contributed by atoms with Crippen molar-refractivity contribution in [2.75, 3.05) is 35.5 Å². The average molecular weight is 887 g/mol. The molecule has 0 atom stereocenters. The third kappa shape index (κ3) is 12.2. The fraction of sp³-hybridized carbons (Fsp3) is 0.333. The number of aryl methyl sites for hydroxylation is 2. The van der Waals surface area contributed by atoms with Crippen LogP contribution >= 0.6 is 0 Å². The molecule has 4 aromatic heterocycles. The lowest BCUT2D eigenvalue weighted by molar-refractivity contribution is 0.0980. The van der Waals surface area contributed by atoms with Crippen molar-refractivity contribution < 1.29 is 28.7 Å². The van der Waals surface area contributed by atoms with Crippen molar-refractivity contribution >= 4 is 58.0 Å². The molecule has 1 fully saturated rings. The molecule has 4 heterocycles. The summed E-state index contributed by atoms with van der Waals surface area (Å²) in [5.74, 6) is 2.56. The van der Waals surface area contributed by atoms with Gasteiger partial charge in [-0.25, -0.2) is 29.5 Å². The van der Waals surface area contributed by atoms with Crippen LogP contribution in [-0.2, 0) is 14.1 Å². The van der Waals surface area contributed by atoms with Gasteiger partial charge >= 0.3 is 12.1 Å². The van der Waals surface area contributed by atoms with Crippen LogP contribution in [0.4, 0.5) is 44.0 Å². The Hall–Kier alpha value is -7.90. The molecule has 0 bridgehead atoms. The highest BCUT2D eigenvalue weighted by atomic mass is 16.5. The maximum atomic E-state index is 12.6. The summed E-state index contributed by atoms with van der Waals surface area (Å²) >= 11 is 0. The highest BCUT2D eigenvalue weighted by molar-refractivity contribution is 6.03. The molecule has 0 radical (unpaired) electrons. The van der Waals surface area contributed by atoms with Crippen LogP contribution in [0.5, 0.6) is 11.5 Å². The predicted octanol–water partition coefficient (Wildman–Crippen LogP) is 7.65. The van der Waals surface area contributed by atoms with Crippen LogP contribution in [-0.4, -0.2) is 88.9 Å². The average Bonchev–Trinajstić information content (AvgIpc) is 3.80. The number of hydrogen-bond donors (Lipinski definition) is 6. The summed E-state index contributed by atoms with van der Waals surface area (Å²) in [7, 11) is 6.70. The Morgan fingerprint density at radius 3 is 1.48 bits per heavy atom. The van der Waals surface area contributed by atoms with Crippen molar-refractivity contribution in [3.8, 4) is 34.3 Å². The van der Waals surface area contributed by atoms with Crippen LogP contribution in [0, 0.1) is 0 Å². The second-order valence-electron chi connectivity index (χ2n) is 16.0. The van der Waals surface area contributed by atoms with Gasteiger partial charge in [-0.3, -0.25) is 29.6 Å². The van der Waals surface area contributed by atoms with Crippen LogP contribution in [0.3, 0.4) is 0 Å². The van der Waals surface area contributed by atoms with Gasteiger partial charge in [-0.2, -0.15) is 10.2 Å². The molecule has 20 heteroatoms.